The van der Waals surface area contributed by atoms with Crippen molar-refractivity contribution < 1.29 is 4.79 Å². The normalized spacial score (nSPS) is 25.6. The molecule has 3 N–H and O–H groups in total. The van der Waals surface area contributed by atoms with E-state index < -0.39 is 0 Å². The molecule has 0 saturated heterocycles. The summed E-state index contributed by atoms with van der Waals surface area (Å²) in [5.41, 5.74) is 8.10. The van der Waals surface area contributed by atoms with Crippen LogP contribution in [0.3, 0.4) is 0 Å². The van der Waals surface area contributed by atoms with E-state index in [1.54, 1.807) is 0 Å². The van der Waals surface area contributed by atoms with E-state index in [1.165, 1.54) is 5.56 Å². The van der Waals surface area contributed by atoms with Gasteiger partial charge in [0.15, 0.2) is 0 Å². The lowest BCUT2D eigenvalue weighted by Gasteiger charge is -2.37. The fourth-order valence-electron chi connectivity index (χ4n) is 2.99. The van der Waals surface area contributed by atoms with Crippen LogP contribution >= 0.6 is 11.8 Å². The molecular weight excluding hydrogens is 280 g/mol. The van der Waals surface area contributed by atoms with Crippen LogP contribution in [-0.2, 0) is 11.2 Å². The van der Waals surface area contributed by atoms with Gasteiger partial charge in [-0.15, -0.1) is 0 Å². The molecule has 3 nitrogen and oxygen atoms in total. The number of carbonyl (C=O) groups excluding carboxylic acids is 1. The van der Waals surface area contributed by atoms with Gasteiger partial charge in [0, 0.05) is 11.2 Å². The van der Waals surface area contributed by atoms with Gasteiger partial charge in [-0.2, -0.15) is 11.8 Å². The zero-order valence-corrected chi connectivity index (χ0v) is 13.8. The number of thioether (sulfide) groups is 1. The highest BCUT2D eigenvalue weighted by molar-refractivity contribution is 7.98. The third kappa shape index (κ3) is 4.48. The molecule has 0 heterocycles. The van der Waals surface area contributed by atoms with Crippen molar-refractivity contribution in [3.63, 3.8) is 0 Å². The summed E-state index contributed by atoms with van der Waals surface area (Å²) in [6.45, 7) is 2.00. The van der Waals surface area contributed by atoms with Crippen LogP contribution in [0.5, 0.6) is 0 Å². The highest BCUT2D eigenvalue weighted by atomic mass is 32.2. The third-order valence-corrected chi connectivity index (χ3v) is 5.00. The van der Waals surface area contributed by atoms with Crippen LogP contribution in [-0.4, -0.2) is 23.5 Å². The van der Waals surface area contributed by atoms with Crippen molar-refractivity contribution in [2.45, 2.75) is 44.6 Å². The van der Waals surface area contributed by atoms with E-state index in [0.29, 0.717) is 0 Å². The Kier molecular flexibility index (Phi) is 5.71. The van der Waals surface area contributed by atoms with Gasteiger partial charge in [0.25, 0.3) is 0 Å². The van der Waals surface area contributed by atoms with Gasteiger partial charge in [-0.1, -0.05) is 25.0 Å². The molecule has 0 spiro atoms. The van der Waals surface area contributed by atoms with Crippen LogP contribution in [0.25, 0.3) is 0 Å². The summed E-state index contributed by atoms with van der Waals surface area (Å²) in [7, 11) is 0. The van der Waals surface area contributed by atoms with E-state index in [9.17, 15) is 4.79 Å². The summed E-state index contributed by atoms with van der Waals surface area (Å²) in [6.07, 6.45) is 7.23. The lowest BCUT2D eigenvalue weighted by Crippen LogP contribution is -2.51. The molecule has 1 aromatic carbocycles. The predicted molar refractivity (Wildman–Crippen MR) is 91.7 cm³/mol. The van der Waals surface area contributed by atoms with E-state index >= 15 is 0 Å². The summed E-state index contributed by atoms with van der Waals surface area (Å²) in [4.78, 5) is 12.4. The Bertz CT molecular complexity index is 470. The molecule has 1 amide bonds. The number of benzene rings is 1. The molecule has 1 fully saturated rings. The number of aryl methyl sites for hydroxylation is 1. The smallest absolute Gasteiger partial charge is 0.229 e. The molecule has 1 aliphatic rings. The maximum atomic E-state index is 12.4. The Morgan fingerprint density at radius 3 is 2.71 bits per heavy atom. The van der Waals surface area contributed by atoms with Gasteiger partial charge in [-0.25, -0.2) is 0 Å². The second kappa shape index (κ2) is 7.32. The topological polar surface area (TPSA) is 55.1 Å². The van der Waals surface area contributed by atoms with Gasteiger partial charge < -0.3 is 11.1 Å². The predicted octanol–water partition coefficient (Wildman–Crippen LogP) is 3.44. The minimum absolute atomic E-state index is 0.0663. The molecule has 1 saturated carbocycles. The number of hydrogen-bond acceptors (Lipinski definition) is 3. The molecule has 0 bridgehead atoms. The molecule has 1 aliphatic carbocycles. The van der Waals surface area contributed by atoms with E-state index in [4.69, 9.17) is 5.73 Å². The lowest BCUT2D eigenvalue weighted by atomic mass is 9.74. The minimum atomic E-state index is -0.374. The molecule has 116 valence electrons. The van der Waals surface area contributed by atoms with Crippen molar-refractivity contribution in [3.05, 3.63) is 29.8 Å². The molecule has 2 rings (SSSR count). The maximum Gasteiger partial charge on any atom is 0.229 e. The van der Waals surface area contributed by atoms with Crippen molar-refractivity contribution >= 4 is 23.4 Å². The molecule has 0 aliphatic heterocycles. The summed E-state index contributed by atoms with van der Waals surface area (Å²) in [5.74, 6) is 1.11. The second-order valence-corrected chi connectivity index (χ2v) is 7.22. The van der Waals surface area contributed by atoms with Crippen LogP contribution in [0.15, 0.2) is 24.3 Å². The summed E-state index contributed by atoms with van der Waals surface area (Å²) in [6, 6.07) is 8.16. The average Bonchev–Trinajstić information content (AvgIpc) is 2.46. The van der Waals surface area contributed by atoms with Gasteiger partial charge in [-0.05, 0) is 55.9 Å². The Balaban J connectivity index is 1.95. The van der Waals surface area contributed by atoms with Crippen LogP contribution in [0.2, 0.25) is 0 Å². The molecule has 4 heteroatoms. The van der Waals surface area contributed by atoms with Crippen LogP contribution in [0.1, 0.15) is 38.2 Å². The standard InChI is InChI=1S/C17H26N2OS/c1-17(18)11-4-3-5-15(17)16(20)19-14-8-6-13(7-9-14)10-12-21-2/h6-9,15H,3-5,10-12,18H2,1-2H3,(H,19,20). The molecule has 0 radical (unpaired) electrons. The SMILES string of the molecule is CSCCc1ccc(NC(=O)C2CCCCC2(C)N)cc1. The number of carbonyl (C=O) groups is 1. The number of rotatable bonds is 5. The molecule has 1 aromatic rings. The molecule has 21 heavy (non-hydrogen) atoms. The maximum absolute atomic E-state index is 12.4. The first kappa shape index (κ1) is 16.4. The number of nitrogens with two attached hydrogens (primary N) is 1. The highest BCUT2D eigenvalue weighted by Gasteiger charge is 2.37. The molecule has 2 unspecified atom stereocenters. The zero-order valence-electron chi connectivity index (χ0n) is 13.0. The number of hydrogen-bond donors (Lipinski definition) is 2. The van der Waals surface area contributed by atoms with Crippen molar-refractivity contribution in [1.82, 2.24) is 0 Å². The van der Waals surface area contributed by atoms with Gasteiger partial charge in [0.1, 0.15) is 0 Å². The van der Waals surface area contributed by atoms with Gasteiger partial charge in [-0.3, -0.25) is 4.79 Å². The Hall–Kier alpha value is -1.00. The number of amides is 1. The fourth-order valence-corrected chi connectivity index (χ4v) is 3.43. The molecule has 2 atom stereocenters. The quantitative estimate of drug-likeness (QED) is 0.876. The van der Waals surface area contributed by atoms with Gasteiger partial charge in [0.05, 0.1) is 5.92 Å². The first-order valence-corrected chi connectivity index (χ1v) is 9.10. The fraction of sp³-hybridized carbons (Fsp3) is 0.588. The van der Waals surface area contributed by atoms with Crippen LogP contribution < -0.4 is 11.1 Å². The first-order chi connectivity index (χ1) is 10.0. The summed E-state index contributed by atoms with van der Waals surface area (Å²) < 4.78 is 0. The van der Waals surface area contributed by atoms with E-state index in [0.717, 1.165) is 43.5 Å². The lowest BCUT2D eigenvalue weighted by molar-refractivity contribution is -0.122. The summed E-state index contributed by atoms with van der Waals surface area (Å²) in [5, 5.41) is 3.03. The second-order valence-electron chi connectivity index (χ2n) is 6.23. The van der Waals surface area contributed by atoms with Crippen LogP contribution in [0, 0.1) is 5.92 Å². The minimum Gasteiger partial charge on any atom is -0.326 e. The Labute approximate surface area is 132 Å². The highest BCUT2D eigenvalue weighted by Crippen LogP contribution is 2.32. The van der Waals surface area contributed by atoms with Crippen molar-refractivity contribution in [2.75, 3.05) is 17.3 Å². The van der Waals surface area contributed by atoms with Crippen molar-refractivity contribution in [3.8, 4) is 0 Å². The number of anilines is 1. The molecular formula is C17H26N2OS. The van der Waals surface area contributed by atoms with E-state index in [1.807, 2.05) is 30.8 Å². The van der Waals surface area contributed by atoms with Crippen LogP contribution in [0.4, 0.5) is 5.69 Å². The van der Waals surface area contributed by atoms with Crippen molar-refractivity contribution in [2.24, 2.45) is 11.7 Å². The third-order valence-electron chi connectivity index (χ3n) is 4.39. The van der Waals surface area contributed by atoms with Gasteiger partial charge >= 0.3 is 0 Å². The van der Waals surface area contributed by atoms with E-state index in [2.05, 4.69) is 23.7 Å². The van der Waals surface area contributed by atoms with Gasteiger partial charge in [0.2, 0.25) is 5.91 Å². The summed E-state index contributed by atoms with van der Waals surface area (Å²) >= 11 is 1.85. The Morgan fingerprint density at radius 2 is 2.10 bits per heavy atom. The first-order valence-electron chi connectivity index (χ1n) is 7.70. The number of nitrogens with one attached hydrogen (secondary N) is 1. The monoisotopic (exact) mass is 306 g/mol. The van der Waals surface area contributed by atoms with Crippen molar-refractivity contribution in [1.29, 1.82) is 0 Å². The largest absolute Gasteiger partial charge is 0.326 e. The van der Waals surface area contributed by atoms with E-state index in [-0.39, 0.29) is 17.4 Å². The average molecular weight is 306 g/mol. The molecule has 0 aromatic heterocycles. The zero-order chi connectivity index (χ0) is 15.3. The Morgan fingerprint density at radius 1 is 1.38 bits per heavy atom.